The predicted octanol–water partition coefficient (Wildman–Crippen LogP) is 3.02. The maximum atomic E-state index is 12.2. The van der Waals surface area contributed by atoms with Crippen molar-refractivity contribution in [1.29, 1.82) is 0 Å². The zero-order chi connectivity index (χ0) is 20.2. The molecule has 1 unspecified atom stereocenters. The summed E-state index contributed by atoms with van der Waals surface area (Å²) in [5, 5.41) is 7.93. The number of sulfonamides is 1. The molecule has 0 radical (unpaired) electrons. The van der Waals surface area contributed by atoms with E-state index in [1.165, 1.54) is 12.1 Å². The summed E-state index contributed by atoms with van der Waals surface area (Å²) in [6, 6.07) is 11.8. The monoisotopic (exact) mass is 390 g/mol. The highest BCUT2D eigenvalue weighted by Crippen LogP contribution is 2.27. The molecule has 0 aromatic heterocycles. The van der Waals surface area contributed by atoms with E-state index in [1.54, 1.807) is 12.1 Å². The van der Waals surface area contributed by atoms with E-state index in [0.29, 0.717) is 11.7 Å². The Balaban J connectivity index is 1.99. The first-order valence-electron chi connectivity index (χ1n) is 8.73. The van der Waals surface area contributed by atoms with E-state index in [0.717, 1.165) is 16.7 Å². The highest BCUT2D eigenvalue weighted by Gasteiger charge is 2.14. The van der Waals surface area contributed by atoms with Gasteiger partial charge in [0.05, 0.1) is 10.9 Å². The minimum atomic E-state index is -3.73. The number of amides is 1. The lowest BCUT2D eigenvalue weighted by molar-refractivity contribution is -0.123. The summed E-state index contributed by atoms with van der Waals surface area (Å²) in [6.45, 7) is 7.85. The first-order valence-corrected chi connectivity index (χ1v) is 10.3. The number of carbonyl (C=O) groups is 1. The van der Waals surface area contributed by atoms with Crippen LogP contribution in [0.1, 0.15) is 49.4 Å². The van der Waals surface area contributed by atoms with Crippen molar-refractivity contribution < 1.29 is 17.9 Å². The summed E-state index contributed by atoms with van der Waals surface area (Å²) in [7, 11) is -3.73. The third-order valence-electron chi connectivity index (χ3n) is 4.24. The minimum absolute atomic E-state index is 0.0359. The Kier molecular flexibility index (Phi) is 6.62. The minimum Gasteiger partial charge on any atom is -0.483 e. The molecule has 27 heavy (non-hydrogen) atoms. The first-order chi connectivity index (χ1) is 12.6. The molecular weight excluding hydrogens is 364 g/mol. The Morgan fingerprint density at radius 3 is 2.30 bits per heavy atom. The maximum Gasteiger partial charge on any atom is 0.258 e. The van der Waals surface area contributed by atoms with Crippen molar-refractivity contribution in [2.45, 2.75) is 44.6 Å². The molecule has 0 saturated heterocycles. The number of rotatable bonds is 7. The molecule has 2 aromatic rings. The summed E-state index contributed by atoms with van der Waals surface area (Å²) in [5.41, 5.74) is 2.90. The third-order valence-corrected chi connectivity index (χ3v) is 5.17. The molecule has 0 fully saturated rings. The zero-order valence-electron chi connectivity index (χ0n) is 16.0. The second-order valence-corrected chi connectivity index (χ2v) is 8.45. The molecular formula is C20H26N2O4S. The number of aryl methyl sites for hydroxylation is 1. The number of primary sulfonamides is 1. The molecule has 0 saturated carbocycles. The van der Waals surface area contributed by atoms with E-state index in [9.17, 15) is 13.2 Å². The number of nitrogens with two attached hydrogens (primary N) is 1. The molecule has 0 aliphatic carbocycles. The summed E-state index contributed by atoms with van der Waals surface area (Å²) in [6.07, 6.45) is 0. The van der Waals surface area contributed by atoms with Gasteiger partial charge in [-0.05, 0) is 54.7 Å². The number of ether oxygens (including phenoxy) is 1. The van der Waals surface area contributed by atoms with Crippen LogP contribution in [0.3, 0.4) is 0 Å². The Morgan fingerprint density at radius 1 is 1.11 bits per heavy atom. The number of carbonyl (C=O) groups excluding carboxylic acids is 1. The SMILES string of the molecule is Cc1ccc(C(C)C)c(OCC(=O)NC(C)c2ccc(S(N)(=O)=O)cc2)c1. The molecule has 2 aromatic carbocycles. The lowest BCUT2D eigenvalue weighted by atomic mass is 10.0. The van der Waals surface area contributed by atoms with E-state index < -0.39 is 10.0 Å². The highest BCUT2D eigenvalue weighted by molar-refractivity contribution is 7.89. The van der Waals surface area contributed by atoms with Gasteiger partial charge in [0.25, 0.3) is 5.91 Å². The summed E-state index contributed by atoms with van der Waals surface area (Å²) in [4.78, 5) is 12.3. The Labute approximate surface area is 160 Å². The molecule has 7 heteroatoms. The largest absolute Gasteiger partial charge is 0.483 e. The van der Waals surface area contributed by atoms with Crippen LogP contribution in [-0.2, 0) is 14.8 Å². The number of benzene rings is 2. The van der Waals surface area contributed by atoms with Crippen LogP contribution in [0, 0.1) is 6.92 Å². The van der Waals surface area contributed by atoms with E-state index >= 15 is 0 Å². The van der Waals surface area contributed by atoms with Crippen molar-refractivity contribution in [3.8, 4) is 5.75 Å². The fourth-order valence-electron chi connectivity index (χ4n) is 2.70. The van der Waals surface area contributed by atoms with E-state index in [1.807, 2.05) is 32.0 Å². The smallest absolute Gasteiger partial charge is 0.258 e. The number of nitrogens with one attached hydrogen (secondary N) is 1. The van der Waals surface area contributed by atoms with Gasteiger partial charge in [0.2, 0.25) is 10.0 Å². The van der Waals surface area contributed by atoms with Crippen molar-refractivity contribution in [2.75, 3.05) is 6.61 Å². The fourth-order valence-corrected chi connectivity index (χ4v) is 3.21. The van der Waals surface area contributed by atoms with Crippen molar-refractivity contribution in [3.63, 3.8) is 0 Å². The molecule has 3 N–H and O–H groups in total. The van der Waals surface area contributed by atoms with Crippen LogP contribution in [-0.4, -0.2) is 20.9 Å². The molecule has 146 valence electrons. The van der Waals surface area contributed by atoms with E-state index in [4.69, 9.17) is 9.88 Å². The van der Waals surface area contributed by atoms with Gasteiger partial charge in [0.1, 0.15) is 5.75 Å². The van der Waals surface area contributed by atoms with Crippen molar-refractivity contribution in [3.05, 3.63) is 59.2 Å². The summed E-state index contributed by atoms with van der Waals surface area (Å²) >= 11 is 0. The van der Waals surface area contributed by atoms with Crippen molar-refractivity contribution in [1.82, 2.24) is 5.32 Å². The Bertz CT molecular complexity index is 906. The Morgan fingerprint density at radius 2 is 1.74 bits per heavy atom. The molecule has 1 amide bonds. The zero-order valence-corrected chi connectivity index (χ0v) is 16.8. The lowest BCUT2D eigenvalue weighted by Gasteiger charge is -2.17. The van der Waals surface area contributed by atoms with Crippen LogP contribution in [0.2, 0.25) is 0 Å². The molecule has 0 heterocycles. The third kappa shape index (κ3) is 5.80. The molecule has 0 bridgehead atoms. The van der Waals surface area contributed by atoms with Crippen LogP contribution in [0.5, 0.6) is 5.75 Å². The average molecular weight is 391 g/mol. The van der Waals surface area contributed by atoms with E-state index in [-0.39, 0.29) is 23.5 Å². The number of hydrogen-bond acceptors (Lipinski definition) is 4. The van der Waals surface area contributed by atoms with Crippen LogP contribution >= 0.6 is 0 Å². The standard InChI is InChI=1S/C20H26N2O4S/c1-13(2)18-10-5-14(3)11-19(18)26-12-20(23)22-15(4)16-6-8-17(9-7-16)27(21,24)25/h5-11,13,15H,12H2,1-4H3,(H,22,23)(H2,21,24,25). The first kappa shape index (κ1) is 20.9. The van der Waals surface area contributed by atoms with Gasteiger partial charge in [-0.2, -0.15) is 0 Å². The average Bonchev–Trinajstić information content (AvgIpc) is 2.59. The topological polar surface area (TPSA) is 98.5 Å². The van der Waals surface area contributed by atoms with E-state index in [2.05, 4.69) is 19.2 Å². The molecule has 6 nitrogen and oxygen atoms in total. The van der Waals surface area contributed by atoms with Crippen molar-refractivity contribution in [2.24, 2.45) is 5.14 Å². The van der Waals surface area contributed by atoms with Crippen LogP contribution < -0.4 is 15.2 Å². The second-order valence-electron chi connectivity index (χ2n) is 6.89. The molecule has 0 spiro atoms. The molecule has 1 atom stereocenters. The Hall–Kier alpha value is -2.38. The van der Waals surface area contributed by atoms with Crippen molar-refractivity contribution >= 4 is 15.9 Å². The van der Waals surface area contributed by atoms with Crippen LogP contribution in [0.15, 0.2) is 47.4 Å². The quantitative estimate of drug-likeness (QED) is 0.759. The fraction of sp³-hybridized carbons (Fsp3) is 0.350. The molecule has 0 aliphatic rings. The van der Waals surface area contributed by atoms with Gasteiger partial charge in [0, 0.05) is 0 Å². The van der Waals surface area contributed by atoms with Crippen LogP contribution in [0.4, 0.5) is 0 Å². The summed E-state index contributed by atoms with van der Waals surface area (Å²) < 4.78 is 28.3. The van der Waals surface area contributed by atoms with Gasteiger partial charge in [-0.25, -0.2) is 13.6 Å². The van der Waals surface area contributed by atoms with Gasteiger partial charge < -0.3 is 10.1 Å². The van der Waals surface area contributed by atoms with Gasteiger partial charge in [-0.3, -0.25) is 4.79 Å². The van der Waals surface area contributed by atoms with Gasteiger partial charge >= 0.3 is 0 Å². The summed E-state index contributed by atoms with van der Waals surface area (Å²) in [5.74, 6) is 0.750. The van der Waals surface area contributed by atoms with Gasteiger partial charge in [-0.15, -0.1) is 0 Å². The van der Waals surface area contributed by atoms with Gasteiger partial charge in [0.15, 0.2) is 6.61 Å². The predicted molar refractivity (Wildman–Crippen MR) is 105 cm³/mol. The second kappa shape index (κ2) is 8.54. The highest BCUT2D eigenvalue weighted by atomic mass is 32.2. The molecule has 0 aliphatic heterocycles. The number of hydrogen-bond donors (Lipinski definition) is 2. The normalized spacial score (nSPS) is 12.7. The lowest BCUT2D eigenvalue weighted by Crippen LogP contribution is -2.31. The maximum absolute atomic E-state index is 12.2. The van der Waals surface area contributed by atoms with Crippen LogP contribution in [0.25, 0.3) is 0 Å². The molecule has 2 rings (SSSR count). The van der Waals surface area contributed by atoms with Gasteiger partial charge in [-0.1, -0.05) is 38.1 Å².